The highest BCUT2D eigenvalue weighted by Crippen LogP contribution is 2.27. The Morgan fingerprint density at radius 1 is 1.25 bits per heavy atom. The van der Waals surface area contributed by atoms with E-state index in [1.807, 2.05) is 19.1 Å². The van der Waals surface area contributed by atoms with E-state index in [2.05, 4.69) is 39.9 Å². The van der Waals surface area contributed by atoms with Crippen LogP contribution in [0.1, 0.15) is 38.4 Å². The van der Waals surface area contributed by atoms with Gasteiger partial charge in [-0.15, -0.1) is 5.10 Å². The number of aromatic nitrogens is 4. The monoisotopic (exact) mass is 271 g/mol. The molecule has 5 heteroatoms. The lowest BCUT2D eigenvalue weighted by Crippen LogP contribution is -2.30. The third-order valence-corrected chi connectivity index (χ3v) is 4.18. The summed E-state index contributed by atoms with van der Waals surface area (Å²) in [4.78, 5) is 0. The average Bonchev–Trinajstić information content (AvgIpc) is 2.88. The highest BCUT2D eigenvalue weighted by atomic mass is 15.5. The van der Waals surface area contributed by atoms with Gasteiger partial charge in [-0.3, -0.25) is 0 Å². The van der Waals surface area contributed by atoms with Gasteiger partial charge in [0.15, 0.2) is 5.82 Å². The molecule has 3 rings (SSSR count). The number of tetrazole rings is 1. The maximum atomic E-state index is 4.02. The molecule has 1 fully saturated rings. The molecule has 106 valence electrons. The zero-order valence-corrected chi connectivity index (χ0v) is 12.1. The standard InChI is InChI=1S/C15H21N5/c1-11-6-3-4-9-15(11)16-13-7-5-8-14(10-13)20-12(2)17-18-19-20/h5,7-8,10-11,15-16H,3-4,6,9H2,1-2H3. The fraction of sp³-hybridized carbons (Fsp3) is 0.533. The molecule has 1 heterocycles. The summed E-state index contributed by atoms with van der Waals surface area (Å²) < 4.78 is 1.76. The van der Waals surface area contributed by atoms with Gasteiger partial charge in [-0.1, -0.05) is 25.8 Å². The van der Waals surface area contributed by atoms with Crippen LogP contribution in [-0.2, 0) is 0 Å². The fourth-order valence-electron chi connectivity index (χ4n) is 2.94. The summed E-state index contributed by atoms with van der Waals surface area (Å²) in [6.45, 7) is 4.25. The molecule has 5 nitrogen and oxygen atoms in total. The normalized spacial score (nSPS) is 22.7. The Bertz CT molecular complexity index is 577. The van der Waals surface area contributed by atoms with Crippen LogP contribution in [0.4, 0.5) is 5.69 Å². The lowest BCUT2D eigenvalue weighted by Gasteiger charge is -2.30. The number of nitrogens with zero attached hydrogens (tertiary/aromatic N) is 4. The molecule has 0 bridgehead atoms. The van der Waals surface area contributed by atoms with Crippen molar-refractivity contribution in [1.29, 1.82) is 0 Å². The van der Waals surface area contributed by atoms with Crippen molar-refractivity contribution >= 4 is 5.69 Å². The van der Waals surface area contributed by atoms with Gasteiger partial charge in [0.05, 0.1) is 5.69 Å². The van der Waals surface area contributed by atoms with Crippen LogP contribution in [-0.4, -0.2) is 26.2 Å². The first-order chi connectivity index (χ1) is 9.74. The highest BCUT2D eigenvalue weighted by Gasteiger charge is 2.20. The zero-order chi connectivity index (χ0) is 13.9. The van der Waals surface area contributed by atoms with Crippen LogP contribution in [0.25, 0.3) is 5.69 Å². The Labute approximate surface area is 119 Å². The molecule has 1 saturated carbocycles. The minimum atomic E-state index is 0.578. The Balaban J connectivity index is 1.79. The molecule has 0 aliphatic heterocycles. The molecule has 1 aliphatic carbocycles. The Morgan fingerprint density at radius 3 is 2.85 bits per heavy atom. The minimum Gasteiger partial charge on any atom is -0.382 e. The first kappa shape index (κ1) is 13.1. The van der Waals surface area contributed by atoms with Crippen LogP contribution in [0.15, 0.2) is 24.3 Å². The van der Waals surface area contributed by atoms with Gasteiger partial charge < -0.3 is 5.32 Å². The molecule has 0 amide bonds. The summed E-state index contributed by atoms with van der Waals surface area (Å²) in [6, 6.07) is 8.88. The number of nitrogens with one attached hydrogen (secondary N) is 1. The molecular formula is C15H21N5. The molecule has 20 heavy (non-hydrogen) atoms. The zero-order valence-electron chi connectivity index (χ0n) is 12.1. The van der Waals surface area contributed by atoms with Crippen LogP contribution in [0, 0.1) is 12.8 Å². The first-order valence-electron chi connectivity index (χ1n) is 7.36. The van der Waals surface area contributed by atoms with Crippen molar-refractivity contribution in [2.75, 3.05) is 5.32 Å². The van der Waals surface area contributed by atoms with Gasteiger partial charge in [-0.05, 0) is 54.3 Å². The van der Waals surface area contributed by atoms with E-state index in [1.54, 1.807) is 4.68 Å². The Hall–Kier alpha value is -1.91. The van der Waals surface area contributed by atoms with Crippen molar-refractivity contribution in [3.8, 4) is 5.69 Å². The van der Waals surface area contributed by atoms with E-state index in [1.165, 1.54) is 25.7 Å². The third-order valence-electron chi connectivity index (χ3n) is 4.18. The average molecular weight is 271 g/mol. The van der Waals surface area contributed by atoms with Gasteiger partial charge in [0, 0.05) is 11.7 Å². The molecule has 1 aromatic carbocycles. The summed E-state index contributed by atoms with van der Waals surface area (Å²) in [5.74, 6) is 1.54. The second-order valence-electron chi connectivity index (χ2n) is 5.70. The molecular weight excluding hydrogens is 250 g/mol. The van der Waals surface area contributed by atoms with Crippen molar-refractivity contribution in [1.82, 2.24) is 20.2 Å². The second kappa shape index (κ2) is 5.61. The summed E-state index contributed by atoms with van der Waals surface area (Å²) in [5, 5.41) is 15.3. The van der Waals surface area contributed by atoms with Crippen molar-refractivity contribution in [2.24, 2.45) is 5.92 Å². The quantitative estimate of drug-likeness (QED) is 0.932. The summed E-state index contributed by atoms with van der Waals surface area (Å²) in [5.41, 5.74) is 2.15. The minimum absolute atomic E-state index is 0.578. The second-order valence-corrected chi connectivity index (χ2v) is 5.70. The maximum absolute atomic E-state index is 4.02. The van der Waals surface area contributed by atoms with Gasteiger partial charge in [0.2, 0.25) is 0 Å². The molecule has 2 aromatic rings. The lowest BCUT2D eigenvalue weighted by molar-refractivity contribution is 0.349. The predicted molar refractivity (Wildman–Crippen MR) is 78.9 cm³/mol. The molecule has 1 aromatic heterocycles. The van der Waals surface area contributed by atoms with E-state index in [4.69, 9.17) is 0 Å². The van der Waals surface area contributed by atoms with E-state index >= 15 is 0 Å². The van der Waals surface area contributed by atoms with Crippen LogP contribution in [0.5, 0.6) is 0 Å². The number of hydrogen-bond acceptors (Lipinski definition) is 4. The van der Waals surface area contributed by atoms with Crippen LogP contribution >= 0.6 is 0 Å². The molecule has 1 aliphatic rings. The highest BCUT2D eigenvalue weighted by molar-refractivity contribution is 5.51. The molecule has 1 N–H and O–H groups in total. The van der Waals surface area contributed by atoms with E-state index < -0.39 is 0 Å². The van der Waals surface area contributed by atoms with Gasteiger partial charge in [0.25, 0.3) is 0 Å². The Morgan fingerprint density at radius 2 is 2.10 bits per heavy atom. The van der Waals surface area contributed by atoms with Crippen LogP contribution in [0.2, 0.25) is 0 Å². The first-order valence-corrected chi connectivity index (χ1v) is 7.36. The summed E-state index contributed by atoms with van der Waals surface area (Å²) in [7, 11) is 0. The lowest BCUT2D eigenvalue weighted by atomic mass is 9.86. The maximum Gasteiger partial charge on any atom is 0.153 e. The van der Waals surface area contributed by atoms with Gasteiger partial charge in [-0.25, -0.2) is 0 Å². The molecule has 0 radical (unpaired) electrons. The molecule has 0 saturated heterocycles. The SMILES string of the molecule is Cc1nnnn1-c1cccc(NC2CCCCC2C)c1. The Kier molecular flexibility index (Phi) is 3.67. The van der Waals surface area contributed by atoms with Gasteiger partial charge >= 0.3 is 0 Å². The van der Waals surface area contributed by atoms with E-state index in [0.29, 0.717) is 6.04 Å². The van der Waals surface area contributed by atoms with Crippen LogP contribution < -0.4 is 5.32 Å². The van der Waals surface area contributed by atoms with E-state index in [9.17, 15) is 0 Å². The van der Waals surface area contributed by atoms with Crippen LogP contribution in [0.3, 0.4) is 0 Å². The topological polar surface area (TPSA) is 55.6 Å². The number of hydrogen-bond donors (Lipinski definition) is 1. The van der Waals surface area contributed by atoms with Crippen molar-refractivity contribution in [2.45, 2.75) is 45.6 Å². The van der Waals surface area contributed by atoms with Crippen molar-refractivity contribution in [3.05, 3.63) is 30.1 Å². The molecule has 2 unspecified atom stereocenters. The number of anilines is 1. The molecule has 2 atom stereocenters. The largest absolute Gasteiger partial charge is 0.382 e. The third kappa shape index (κ3) is 2.66. The fourth-order valence-corrected chi connectivity index (χ4v) is 2.94. The number of benzene rings is 1. The predicted octanol–water partition coefficient (Wildman–Crippen LogP) is 2.96. The number of rotatable bonds is 3. The van der Waals surface area contributed by atoms with Crippen molar-refractivity contribution in [3.63, 3.8) is 0 Å². The number of aryl methyl sites for hydroxylation is 1. The van der Waals surface area contributed by atoms with E-state index in [0.717, 1.165) is 23.1 Å². The van der Waals surface area contributed by atoms with Crippen molar-refractivity contribution < 1.29 is 0 Å². The molecule has 0 spiro atoms. The van der Waals surface area contributed by atoms with Gasteiger partial charge in [-0.2, -0.15) is 4.68 Å². The smallest absolute Gasteiger partial charge is 0.153 e. The summed E-state index contributed by atoms with van der Waals surface area (Å²) >= 11 is 0. The van der Waals surface area contributed by atoms with Gasteiger partial charge in [0.1, 0.15) is 0 Å². The summed E-state index contributed by atoms with van der Waals surface area (Å²) in [6.07, 6.45) is 5.27. The van der Waals surface area contributed by atoms with E-state index in [-0.39, 0.29) is 0 Å².